The van der Waals surface area contributed by atoms with Crippen molar-refractivity contribution < 1.29 is 8.78 Å². The van der Waals surface area contributed by atoms with Gasteiger partial charge in [0.25, 0.3) is 5.56 Å². The molecule has 0 aliphatic heterocycles. The predicted molar refractivity (Wildman–Crippen MR) is 128 cm³/mol. The first-order valence-corrected chi connectivity index (χ1v) is 11.3. The van der Waals surface area contributed by atoms with Crippen LogP contribution >= 0.6 is 0 Å². The number of para-hydroxylation sites is 2. The number of halogens is 2. The highest BCUT2D eigenvalue weighted by Crippen LogP contribution is 2.16. The number of aryl methyl sites for hydroxylation is 3. The average Bonchev–Trinajstić information content (AvgIpc) is 3.41. The molecule has 0 saturated carbocycles. The lowest BCUT2D eigenvalue weighted by atomic mass is 10.0. The number of H-pyrrole nitrogens is 2. The predicted octanol–water partition coefficient (Wildman–Crippen LogP) is 5.28. The molecule has 0 bridgehead atoms. The zero-order valence-electron chi connectivity index (χ0n) is 18.5. The van der Waals surface area contributed by atoms with Gasteiger partial charge in [0, 0.05) is 11.3 Å². The number of hydrogen-bond donors (Lipinski definition) is 2. The number of benzene rings is 3. The number of hydrogen-bond acceptors (Lipinski definition) is 2. The number of rotatable bonds is 8. The van der Waals surface area contributed by atoms with Crippen LogP contribution < -0.4 is 5.56 Å². The summed E-state index contributed by atoms with van der Waals surface area (Å²) in [5.74, 6) is -0.0859. The number of fused-ring (bicyclic) bond motifs is 1. The first-order valence-electron chi connectivity index (χ1n) is 11.3. The average molecular weight is 459 g/mol. The van der Waals surface area contributed by atoms with Crippen LogP contribution in [0.4, 0.5) is 8.78 Å². The van der Waals surface area contributed by atoms with Crippen molar-refractivity contribution in [2.75, 3.05) is 0 Å². The smallest absolute Gasteiger partial charge is 0.277 e. The lowest BCUT2D eigenvalue weighted by Crippen LogP contribution is -2.19. The summed E-state index contributed by atoms with van der Waals surface area (Å²) in [7, 11) is 0. The van der Waals surface area contributed by atoms with Crippen LogP contribution in [0.3, 0.4) is 0 Å². The van der Waals surface area contributed by atoms with Crippen LogP contribution in [0.2, 0.25) is 0 Å². The Morgan fingerprint density at radius 3 is 2.09 bits per heavy atom. The summed E-state index contributed by atoms with van der Waals surface area (Å²) < 4.78 is 27.9. The van der Waals surface area contributed by atoms with Crippen molar-refractivity contribution in [3.8, 4) is 5.95 Å². The van der Waals surface area contributed by atoms with E-state index >= 15 is 0 Å². The van der Waals surface area contributed by atoms with Gasteiger partial charge in [0.15, 0.2) is 0 Å². The van der Waals surface area contributed by atoms with E-state index in [1.807, 2.05) is 24.3 Å². The van der Waals surface area contributed by atoms with Gasteiger partial charge in [-0.3, -0.25) is 9.89 Å². The Kier molecular flexibility index (Phi) is 6.08. The molecule has 7 heteroatoms. The van der Waals surface area contributed by atoms with Crippen molar-refractivity contribution in [3.63, 3.8) is 0 Å². The molecule has 5 nitrogen and oxygen atoms in total. The fourth-order valence-corrected chi connectivity index (χ4v) is 4.22. The van der Waals surface area contributed by atoms with Gasteiger partial charge in [-0.15, -0.1) is 0 Å². The topological polar surface area (TPSA) is 66.5 Å². The van der Waals surface area contributed by atoms with Crippen LogP contribution in [0.1, 0.15) is 28.8 Å². The van der Waals surface area contributed by atoms with E-state index in [1.54, 1.807) is 24.3 Å². The lowest BCUT2D eigenvalue weighted by molar-refractivity contribution is 0.626. The summed E-state index contributed by atoms with van der Waals surface area (Å²) in [6.45, 7) is 0. The number of nitrogens with one attached hydrogen (secondary N) is 2. The molecule has 0 aliphatic carbocycles. The Morgan fingerprint density at radius 2 is 1.41 bits per heavy atom. The molecule has 0 fully saturated rings. The highest BCUT2D eigenvalue weighted by molar-refractivity contribution is 5.75. The van der Waals surface area contributed by atoms with Crippen molar-refractivity contribution >= 4 is 11.0 Å². The van der Waals surface area contributed by atoms with Gasteiger partial charge < -0.3 is 4.98 Å². The van der Waals surface area contributed by atoms with E-state index in [0.717, 1.165) is 40.7 Å². The minimum absolute atomic E-state index is 0.141. The number of imidazole rings is 1. The van der Waals surface area contributed by atoms with E-state index in [-0.39, 0.29) is 17.2 Å². The van der Waals surface area contributed by atoms with Crippen LogP contribution in [0.25, 0.3) is 17.0 Å². The Hall–Kier alpha value is -4.00. The van der Waals surface area contributed by atoms with E-state index < -0.39 is 0 Å². The molecule has 0 unspecified atom stereocenters. The molecule has 2 N–H and O–H groups in total. The monoisotopic (exact) mass is 458 g/mol. The third kappa shape index (κ3) is 4.69. The third-order valence-corrected chi connectivity index (χ3v) is 6.04. The Morgan fingerprint density at radius 1 is 0.765 bits per heavy atom. The second-order valence-electron chi connectivity index (χ2n) is 8.39. The molecule has 0 saturated heterocycles. The summed E-state index contributed by atoms with van der Waals surface area (Å²) in [5, 5.41) is 3.26. The zero-order valence-corrected chi connectivity index (χ0v) is 18.5. The molecular formula is C27H24F2N4O. The van der Waals surface area contributed by atoms with Gasteiger partial charge in [-0.05, 0) is 79.6 Å². The Bertz CT molecular complexity index is 1430. The largest absolute Gasteiger partial charge is 0.322 e. The number of aromatic amines is 2. The van der Waals surface area contributed by atoms with Crippen molar-refractivity contribution in [2.24, 2.45) is 0 Å². The van der Waals surface area contributed by atoms with Gasteiger partial charge in [0.05, 0.1) is 11.0 Å². The molecule has 0 spiro atoms. The molecule has 5 aromatic rings. The fourth-order valence-electron chi connectivity index (χ4n) is 4.22. The molecule has 34 heavy (non-hydrogen) atoms. The summed E-state index contributed by atoms with van der Waals surface area (Å²) in [4.78, 5) is 21.1. The summed E-state index contributed by atoms with van der Waals surface area (Å²) in [6, 6.07) is 20.5. The van der Waals surface area contributed by atoms with Crippen molar-refractivity contribution in [1.29, 1.82) is 0 Å². The maximum absolute atomic E-state index is 13.4. The van der Waals surface area contributed by atoms with E-state index in [1.165, 1.54) is 28.9 Å². The molecule has 2 heterocycles. The van der Waals surface area contributed by atoms with E-state index in [2.05, 4.69) is 15.1 Å². The van der Waals surface area contributed by atoms with Crippen LogP contribution in [0.5, 0.6) is 0 Å². The highest BCUT2D eigenvalue weighted by Gasteiger charge is 2.17. The van der Waals surface area contributed by atoms with Crippen LogP contribution in [0, 0.1) is 11.6 Å². The van der Waals surface area contributed by atoms with Gasteiger partial charge in [0.2, 0.25) is 5.95 Å². The summed E-state index contributed by atoms with van der Waals surface area (Å²) in [6.07, 6.45) is 3.39. The van der Waals surface area contributed by atoms with Crippen LogP contribution in [0.15, 0.2) is 77.6 Å². The standard InChI is InChI=1S/C27H24F2N4O/c28-20-13-8-18(9-14-20)4-3-7-23-22(17-12-19-10-15-21(29)16-11-19)26(34)33(32-23)27-30-24-5-1-2-6-25(24)31-27/h1-2,5-6,8-11,13-16,32H,3-4,7,12,17H2,(H,30,31). The first kappa shape index (κ1) is 21.8. The maximum atomic E-state index is 13.4. The maximum Gasteiger partial charge on any atom is 0.277 e. The van der Waals surface area contributed by atoms with E-state index in [0.29, 0.717) is 30.8 Å². The van der Waals surface area contributed by atoms with Gasteiger partial charge in [-0.1, -0.05) is 36.4 Å². The third-order valence-electron chi connectivity index (χ3n) is 6.04. The quantitative estimate of drug-likeness (QED) is 0.332. The normalized spacial score (nSPS) is 11.4. The molecule has 0 amide bonds. The molecule has 2 aromatic heterocycles. The Balaban J connectivity index is 1.42. The molecular weight excluding hydrogens is 434 g/mol. The van der Waals surface area contributed by atoms with Gasteiger partial charge in [0.1, 0.15) is 11.6 Å². The molecule has 0 radical (unpaired) electrons. The molecule has 5 rings (SSSR count). The van der Waals surface area contributed by atoms with E-state index in [4.69, 9.17) is 0 Å². The van der Waals surface area contributed by atoms with Crippen LogP contribution in [-0.2, 0) is 25.7 Å². The highest BCUT2D eigenvalue weighted by atomic mass is 19.1. The minimum atomic E-state index is -0.279. The van der Waals surface area contributed by atoms with Crippen molar-refractivity contribution in [1.82, 2.24) is 19.7 Å². The lowest BCUT2D eigenvalue weighted by Gasteiger charge is -2.04. The molecule has 0 aliphatic rings. The minimum Gasteiger partial charge on any atom is -0.322 e. The van der Waals surface area contributed by atoms with Gasteiger partial charge >= 0.3 is 0 Å². The van der Waals surface area contributed by atoms with Gasteiger partial charge in [-0.25, -0.2) is 13.8 Å². The summed E-state index contributed by atoms with van der Waals surface area (Å²) >= 11 is 0. The van der Waals surface area contributed by atoms with Crippen molar-refractivity contribution in [3.05, 3.63) is 117 Å². The van der Waals surface area contributed by atoms with E-state index in [9.17, 15) is 13.6 Å². The molecule has 0 atom stereocenters. The molecule has 172 valence electrons. The summed E-state index contributed by atoms with van der Waals surface area (Å²) in [5.41, 5.74) is 5.06. The second-order valence-corrected chi connectivity index (χ2v) is 8.39. The number of aromatic nitrogens is 4. The SMILES string of the molecule is O=c1c(CCc2ccc(F)cc2)c(CCCc2ccc(F)cc2)[nH]n1-c1nc2ccccc2[nH]1. The fraction of sp³-hybridized carbons (Fsp3) is 0.185. The zero-order chi connectivity index (χ0) is 23.5. The van der Waals surface area contributed by atoms with Crippen molar-refractivity contribution in [2.45, 2.75) is 32.1 Å². The number of nitrogens with zero attached hydrogens (tertiary/aromatic N) is 2. The van der Waals surface area contributed by atoms with Crippen LogP contribution in [-0.4, -0.2) is 19.7 Å². The van der Waals surface area contributed by atoms with Gasteiger partial charge in [-0.2, -0.15) is 4.68 Å². The second kappa shape index (κ2) is 9.47. The first-order chi connectivity index (χ1) is 16.6. The molecule has 3 aromatic carbocycles. The Labute approximate surface area is 195 Å².